The van der Waals surface area contributed by atoms with Crippen molar-refractivity contribution in [3.63, 3.8) is 0 Å². The fraction of sp³-hybridized carbons (Fsp3) is 0.0769. The predicted molar refractivity (Wildman–Crippen MR) is 77.0 cm³/mol. The molecular weight excluding hydrogens is 365 g/mol. The molecule has 0 fully saturated rings. The van der Waals surface area contributed by atoms with Crippen LogP contribution in [0.15, 0.2) is 45.3 Å². The third-order valence-corrected chi connectivity index (χ3v) is 3.53. The van der Waals surface area contributed by atoms with Crippen LogP contribution in [-0.4, -0.2) is 0 Å². The van der Waals surface area contributed by atoms with Gasteiger partial charge < -0.3 is 10.5 Å². The second-order valence-electron chi connectivity index (χ2n) is 3.71. The van der Waals surface area contributed by atoms with Crippen molar-refractivity contribution in [2.75, 3.05) is 5.73 Å². The van der Waals surface area contributed by atoms with Gasteiger partial charge in [0.2, 0.25) is 0 Å². The van der Waals surface area contributed by atoms with Crippen molar-refractivity contribution >= 4 is 37.5 Å². The van der Waals surface area contributed by atoms with Gasteiger partial charge in [-0.05, 0) is 40.2 Å². The molecule has 2 rings (SSSR count). The Hall–Kier alpha value is -1.07. The van der Waals surface area contributed by atoms with Crippen molar-refractivity contribution in [1.82, 2.24) is 0 Å². The van der Waals surface area contributed by atoms with Crippen molar-refractivity contribution in [3.05, 3.63) is 56.7 Å². The lowest BCUT2D eigenvalue weighted by Crippen LogP contribution is -2.00. The Labute approximate surface area is 121 Å². The van der Waals surface area contributed by atoms with E-state index >= 15 is 0 Å². The van der Waals surface area contributed by atoms with E-state index in [0.29, 0.717) is 22.5 Å². The summed E-state index contributed by atoms with van der Waals surface area (Å²) < 4.78 is 20.2. The van der Waals surface area contributed by atoms with Gasteiger partial charge in [0.25, 0.3) is 0 Å². The Kier molecular flexibility index (Phi) is 4.24. The van der Waals surface area contributed by atoms with Crippen LogP contribution in [0.3, 0.4) is 0 Å². The van der Waals surface area contributed by atoms with Crippen LogP contribution in [0, 0.1) is 5.82 Å². The summed E-state index contributed by atoms with van der Waals surface area (Å²) in [5.41, 5.74) is 7.35. The topological polar surface area (TPSA) is 35.2 Å². The average Bonchev–Trinajstić information content (AvgIpc) is 2.32. The zero-order valence-electron chi connectivity index (χ0n) is 9.29. The van der Waals surface area contributed by atoms with E-state index in [-0.39, 0.29) is 5.82 Å². The molecule has 0 aromatic heterocycles. The van der Waals surface area contributed by atoms with Crippen molar-refractivity contribution in [3.8, 4) is 5.75 Å². The molecule has 0 bridgehead atoms. The number of ether oxygens (including phenoxy) is 1. The molecule has 0 saturated carbocycles. The van der Waals surface area contributed by atoms with Crippen LogP contribution < -0.4 is 10.5 Å². The van der Waals surface area contributed by atoms with Crippen molar-refractivity contribution in [2.24, 2.45) is 0 Å². The van der Waals surface area contributed by atoms with Crippen LogP contribution in [0.1, 0.15) is 5.56 Å². The molecule has 2 N–H and O–H groups in total. The summed E-state index contributed by atoms with van der Waals surface area (Å²) in [5, 5.41) is 0. The normalized spacial score (nSPS) is 10.4. The first-order valence-corrected chi connectivity index (χ1v) is 6.76. The van der Waals surface area contributed by atoms with Gasteiger partial charge in [0.15, 0.2) is 0 Å². The maximum absolute atomic E-state index is 13.1. The largest absolute Gasteiger partial charge is 0.488 e. The van der Waals surface area contributed by atoms with Gasteiger partial charge in [-0.2, -0.15) is 0 Å². The molecule has 0 unspecified atom stereocenters. The van der Waals surface area contributed by atoms with Gasteiger partial charge in [0, 0.05) is 21.8 Å². The number of nitrogen functional groups attached to an aromatic ring is 1. The molecule has 5 heteroatoms. The molecule has 2 aromatic rings. The lowest BCUT2D eigenvalue weighted by atomic mass is 10.2. The molecular formula is C13H10Br2FNO. The number of hydrogen-bond acceptors (Lipinski definition) is 2. The Bertz CT molecular complexity index is 575. The highest BCUT2D eigenvalue weighted by molar-refractivity contribution is 9.10. The van der Waals surface area contributed by atoms with E-state index in [0.717, 1.165) is 10.0 Å². The van der Waals surface area contributed by atoms with Crippen LogP contribution >= 0.6 is 31.9 Å². The van der Waals surface area contributed by atoms with Crippen LogP contribution in [0.2, 0.25) is 0 Å². The fourth-order valence-electron chi connectivity index (χ4n) is 1.44. The minimum Gasteiger partial charge on any atom is -0.488 e. The van der Waals surface area contributed by atoms with Crippen LogP contribution in [-0.2, 0) is 6.61 Å². The summed E-state index contributed by atoms with van der Waals surface area (Å²) in [6, 6.07) is 9.86. The lowest BCUT2D eigenvalue weighted by molar-refractivity contribution is 0.303. The molecule has 0 aliphatic rings. The van der Waals surface area contributed by atoms with E-state index in [2.05, 4.69) is 31.9 Å². The van der Waals surface area contributed by atoms with Gasteiger partial charge in [-0.15, -0.1) is 0 Å². The van der Waals surface area contributed by atoms with E-state index in [9.17, 15) is 4.39 Å². The first kappa shape index (κ1) is 13.4. The molecule has 0 aliphatic carbocycles. The monoisotopic (exact) mass is 373 g/mol. The number of nitrogens with two attached hydrogens (primary N) is 1. The van der Waals surface area contributed by atoms with Gasteiger partial charge in [-0.1, -0.05) is 22.0 Å². The molecule has 0 aliphatic heterocycles. The highest BCUT2D eigenvalue weighted by Crippen LogP contribution is 2.27. The van der Waals surface area contributed by atoms with Crippen molar-refractivity contribution in [2.45, 2.75) is 6.61 Å². The summed E-state index contributed by atoms with van der Waals surface area (Å²) in [4.78, 5) is 0. The molecule has 0 saturated heterocycles. The predicted octanol–water partition coefficient (Wildman–Crippen LogP) is 4.51. The Morgan fingerprint density at radius 1 is 1.11 bits per heavy atom. The summed E-state index contributed by atoms with van der Waals surface area (Å²) >= 11 is 6.64. The molecule has 0 radical (unpaired) electrons. The fourth-order valence-corrected chi connectivity index (χ4v) is 2.18. The highest BCUT2D eigenvalue weighted by Gasteiger charge is 2.05. The van der Waals surface area contributed by atoms with Crippen LogP contribution in [0.5, 0.6) is 5.75 Å². The standard InChI is InChI=1S/C13H10Br2FNO/c14-9-2-1-8(12(17)5-9)7-18-13-6-10(16)3-4-11(13)15/h1-6H,7,17H2. The van der Waals surface area contributed by atoms with E-state index in [1.807, 2.05) is 12.1 Å². The number of halogens is 3. The average molecular weight is 375 g/mol. The van der Waals surface area contributed by atoms with Gasteiger partial charge in [0.05, 0.1) is 4.47 Å². The van der Waals surface area contributed by atoms with E-state index in [1.54, 1.807) is 12.1 Å². The molecule has 0 spiro atoms. The summed E-state index contributed by atoms with van der Waals surface area (Å²) in [6.07, 6.45) is 0. The smallest absolute Gasteiger partial charge is 0.136 e. The third kappa shape index (κ3) is 3.23. The second kappa shape index (κ2) is 5.71. The van der Waals surface area contributed by atoms with Crippen LogP contribution in [0.25, 0.3) is 0 Å². The maximum atomic E-state index is 13.1. The number of hydrogen-bond donors (Lipinski definition) is 1. The van der Waals surface area contributed by atoms with Gasteiger partial charge in [-0.3, -0.25) is 0 Å². The maximum Gasteiger partial charge on any atom is 0.136 e. The summed E-state index contributed by atoms with van der Waals surface area (Å²) in [5.74, 6) is 0.120. The molecule has 18 heavy (non-hydrogen) atoms. The minimum absolute atomic E-state index is 0.293. The molecule has 0 heterocycles. The van der Waals surface area contributed by atoms with Gasteiger partial charge >= 0.3 is 0 Å². The zero-order valence-corrected chi connectivity index (χ0v) is 12.5. The lowest BCUT2D eigenvalue weighted by Gasteiger charge is -2.10. The Morgan fingerprint density at radius 2 is 1.89 bits per heavy atom. The van der Waals surface area contributed by atoms with Gasteiger partial charge in [-0.25, -0.2) is 4.39 Å². The first-order chi connectivity index (χ1) is 8.56. The summed E-state index contributed by atoms with van der Waals surface area (Å²) in [6.45, 7) is 0.293. The minimum atomic E-state index is -0.336. The Balaban J connectivity index is 2.13. The van der Waals surface area contributed by atoms with Crippen LogP contribution in [0.4, 0.5) is 10.1 Å². The first-order valence-electron chi connectivity index (χ1n) is 5.18. The highest BCUT2D eigenvalue weighted by atomic mass is 79.9. The molecule has 2 aromatic carbocycles. The third-order valence-electron chi connectivity index (χ3n) is 2.38. The number of benzene rings is 2. The number of rotatable bonds is 3. The van der Waals surface area contributed by atoms with Crippen molar-refractivity contribution in [1.29, 1.82) is 0 Å². The SMILES string of the molecule is Nc1cc(Br)ccc1COc1cc(F)ccc1Br. The summed E-state index contributed by atoms with van der Waals surface area (Å²) in [7, 11) is 0. The molecule has 0 amide bonds. The molecule has 0 atom stereocenters. The molecule has 2 nitrogen and oxygen atoms in total. The Morgan fingerprint density at radius 3 is 2.61 bits per heavy atom. The molecule has 94 valence electrons. The van der Waals surface area contributed by atoms with E-state index in [4.69, 9.17) is 10.5 Å². The van der Waals surface area contributed by atoms with E-state index in [1.165, 1.54) is 12.1 Å². The number of anilines is 1. The van der Waals surface area contributed by atoms with Crippen molar-refractivity contribution < 1.29 is 9.13 Å². The van der Waals surface area contributed by atoms with Gasteiger partial charge in [0.1, 0.15) is 18.2 Å². The zero-order chi connectivity index (χ0) is 13.1. The second-order valence-corrected chi connectivity index (χ2v) is 5.48. The van der Waals surface area contributed by atoms with E-state index < -0.39 is 0 Å². The quantitative estimate of drug-likeness (QED) is 0.802.